The zero-order chi connectivity index (χ0) is 19.9. The maximum Gasteiger partial charge on any atom is 0.272 e. The van der Waals surface area contributed by atoms with Crippen molar-refractivity contribution in [3.05, 3.63) is 48.0 Å². The third-order valence-electron chi connectivity index (χ3n) is 4.45. The maximum absolute atomic E-state index is 12.8. The fourth-order valence-electron chi connectivity index (χ4n) is 2.89. The molecule has 0 aliphatic carbocycles. The van der Waals surface area contributed by atoms with E-state index in [1.54, 1.807) is 41.6 Å². The first kappa shape index (κ1) is 19.7. The number of carbonyl (C=O) groups is 2. The van der Waals surface area contributed by atoms with E-state index in [1.165, 1.54) is 0 Å². The Kier molecular flexibility index (Phi) is 6.49. The first-order valence-corrected chi connectivity index (χ1v) is 9.26. The van der Waals surface area contributed by atoms with Gasteiger partial charge in [-0.2, -0.15) is 0 Å². The van der Waals surface area contributed by atoms with E-state index in [-0.39, 0.29) is 23.2 Å². The molecule has 1 fully saturated rings. The molecule has 9 nitrogen and oxygen atoms in total. The van der Waals surface area contributed by atoms with Gasteiger partial charge in [-0.3, -0.25) is 9.59 Å². The summed E-state index contributed by atoms with van der Waals surface area (Å²) < 4.78 is 0. The molecule has 0 bridgehead atoms. The van der Waals surface area contributed by atoms with Crippen LogP contribution in [0.1, 0.15) is 21.0 Å². The number of amides is 2. The molecule has 0 unspecified atom stereocenters. The van der Waals surface area contributed by atoms with Crippen LogP contribution in [0.25, 0.3) is 0 Å². The highest BCUT2D eigenvalue weighted by atomic mass is 16.2. The monoisotopic (exact) mass is 383 g/mol. The highest BCUT2D eigenvalue weighted by Crippen LogP contribution is 2.12. The van der Waals surface area contributed by atoms with E-state index in [2.05, 4.69) is 20.3 Å². The van der Waals surface area contributed by atoms with Gasteiger partial charge in [-0.15, -0.1) is 0 Å². The van der Waals surface area contributed by atoms with Crippen LogP contribution in [0.5, 0.6) is 0 Å². The van der Waals surface area contributed by atoms with Gasteiger partial charge in [-0.1, -0.05) is 6.07 Å². The Hall–Kier alpha value is -3.07. The van der Waals surface area contributed by atoms with Crippen LogP contribution in [0.15, 0.2) is 36.7 Å². The smallest absolute Gasteiger partial charge is 0.272 e. The summed E-state index contributed by atoms with van der Waals surface area (Å²) in [5.41, 5.74) is 0.533. The summed E-state index contributed by atoms with van der Waals surface area (Å²) in [5.74, 6) is 0.225. The summed E-state index contributed by atoms with van der Waals surface area (Å²) in [5, 5.41) is 2.81. The van der Waals surface area contributed by atoms with Gasteiger partial charge >= 0.3 is 0 Å². The second-order valence-electron chi connectivity index (χ2n) is 6.80. The number of likely N-dealkylation sites (N-methyl/N-ethyl adjacent to an activating group) is 1. The average Bonchev–Trinajstić information content (AvgIpc) is 2.74. The molecule has 1 saturated heterocycles. The predicted molar refractivity (Wildman–Crippen MR) is 105 cm³/mol. The minimum absolute atomic E-state index is 0.170. The van der Waals surface area contributed by atoms with Crippen molar-refractivity contribution >= 4 is 17.8 Å². The zero-order valence-electron chi connectivity index (χ0n) is 16.2. The molecule has 1 N–H and O–H groups in total. The molecule has 9 heteroatoms. The Balaban J connectivity index is 1.58. The molecule has 3 heterocycles. The summed E-state index contributed by atoms with van der Waals surface area (Å²) in [4.78, 5) is 43.6. The minimum Gasteiger partial charge on any atom is -0.349 e. The topological polar surface area (TPSA) is 94.6 Å². The number of rotatable bonds is 6. The van der Waals surface area contributed by atoms with Crippen molar-refractivity contribution in [3.63, 3.8) is 0 Å². The van der Waals surface area contributed by atoms with Gasteiger partial charge in [0.25, 0.3) is 11.8 Å². The van der Waals surface area contributed by atoms with Gasteiger partial charge in [0.1, 0.15) is 11.4 Å². The average molecular weight is 383 g/mol. The molecule has 1 aliphatic rings. The van der Waals surface area contributed by atoms with Crippen molar-refractivity contribution < 1.29 is 9.59 Å². The third kappa shape index (κ3) is 5.01. The van der Waals surface area contributed by atoms with Crippen molar-refractivity contribution in [3.8, 4) is 0 Å². The van der Waals surface area contributed by atoms with E-state index in [0.29, 0.717) is 38.7 Å². The van der Waals surface area contributed by atoms with Crippen LogP contribution >= 0.6 is 0 Å². The van der Waals surface area contributed by atoms with E-state index in [4.69, 9.17) is 0 Å². The molecule has 2 amide bonds. The number of carbonyl (C=O) groups excluding carboxylic acids is 2. The highest BCUT2D eigenvalue weighted by Gasteiger charge is 2.24. The van der Waals surface area contributed by atoms with Crippen LogP contribution in [0, 0.1) is 0 Å². The molecule has 2 aromatic heterocycles. The lowest BCUT2D eigenvalue weighted by molar-refractivity contribution is 0.0740. The molecule has 0 saturated carbocycles. The normalized spacial score (nSPS) is 14.2. The van der Waals surface area contributed by atoms with Gasteiger partial charge in [0.15, 0.2) is 0 Å². The molecule has 148 valence electrons. The summed E-state index contributed by atoms with van der Waals surface area (Å²) in [6.45, 7) is 3.67. The lowest BCUT2D eigenvalue weighted by atomic mass is 10.2. The number of pyridine rings is 1. The van der Waals surface area contributed by atoms with Crippen molar-refractivity contribution in [2.45, 2.75) is 0 Å². The number of hydrogen-bond donors (Lipinski definition) is 1. The molecule has 1 aliphatic heterocycles. The number of nitrogens with zero attached hydrogens (tertiary/aromatic N) is 6. The lowest BCUT2D eigenvalue weighted by Crippen LogP contribution is -2.49. The fourth-order valence-corrected chi connectivity index (χ4v) is 2.89. The Labute approximate surface area is 164 Å². The third-order valence-corrected chi connectivity index (χ3v) is 4.45. The van der Waals surface area contributed by atoms with Crippen molar-refractivity contribution in [1.82, 2.24) is 30.1 Å². The number of anilines is 1. The minimum atomic E-state index is -0.275. The number of hydrogen-bond acceptors (Lipinski definition) is 7. The van der Waals surface area contributed by atoms with Crippen LogP contribution in [0.2, 0.25) is 0 Å². The SMILES string of the molecule is CN(C)CCNC(=O)c1cccc(C(=O)N2CCN(c3ncccn3)CC2)n1. The quantitative estimate of drug-likeness (QED) is 0.757. The van der Waals surface area contributed by atoms with Crippen LogP contribution in [0.4, 0.5) is 5.95 Å². The lowest BCUT2D eigenvalue weighted by Gasteiger charge is -2.34. The van der Waals surface area contributed by atoms with Gasteiger partial charge in [-0.25, -0.2) is 15.0 Å². The van der Waals surface area contributed by atoms with Crippen LogP contribution in [0.3, 0.4) is 0 Å². The molecule has 3 rings (SSSR count). The zero-order valence-corrected chi connectivity index (χ0v) is 16.2. The molecular formula is C19H25N7O2. The van der Waals surface area contributed by atoms with Crippen LogP contribution < -0.4 is 10.2 Å². The summed E-state index contributed by atoms with van der Waals surface area (Å²) in [6, 6.07) is 6.73. The standard InChI is InChI=1S/C19H25N7O2/c1-24(2)10-9-20-17(27)15-5-3-6-16(23-15)18(28)25-11-13-26(14-12-25)19-21-7-4-8-22-19/h3-8H,9-14H2,1-2H3,(H,20,27). The van der Waals surface area contributed by atoms with Gasteiger partial charge in [0.05, 0.1) is 0 Å². The second-order valence-corrected chi connectivity index (χ2v) is 6.80. The largest absolute Gasteiger partial charge is 0.349 e. The predicted octanol–water partition coefficient (Wildman–Crippen LogP) is 0.125. The van der Waals surface area contributed by atoms with Crippen LogP contribution in [-0.4, -0.2) is 89.9 Å². The first-order valence-electron chi connectivity index (χ1n) is 9.26. The van der Waals surface area contributed by atoms with Gasteiger partial charge in [0, 0.05) is 51.7 Å². The van der Waals surface area contributed by atoms with Crippen molar-refractivity contribution in [2.24, 2.45) is 0 Å². The molecular weight excluding hydrogens is 358 g/mol. The molecule has 28 heavy (non-hydrogen) atoms. The highest BCUT2D eigenvalue weighted by molar-refractivity contribution is 5.96. The number of aromatic nitrogens is 3. The Morgan fingerprint density at radius 2 is 1.71 bits per heavy atom. The van der Waals surface area contributed by atoms with E-state index >= 15 is 0 Å². The maximum atomic E-state index is 12.8. The van der Waals surface area contributed by atoms with Crippen molar-refractivity contribution in [1.29, 1.82) is 0 Å². The molecule has 0 spiro atoms. The molecule has 0 atom stereocenters. The molecule has 0 aromatic carbocycles. The van der Waals surface area contributed by atoms with Crippen molar-refractivity contribution in [2.75, 3.05) is 58.3 Å². The van der Waals surface area contributed by atoms with Gasteiger partial charge < -0.3 is 20.0 Å². The summed E-state index contributed by atoms with van der Waals surface area (Å²) in [7, 11) is 3.88. The van der Waals surface area contributed by atoms with E-state index in [9.17, 15) is 9.59 Å². The van der Waals surface area contributed by atoms with Gasteiger partial charge in [-0.05, 0) is 32.3 Å². The second kappa shape index (κ2) is 9.23. The Morgan fingerprint density at radius 1 is 1.04 bits per heavy atom. The van der Waals surface area contributed by atoms with E-state index in [1.807, 2.05) is 23.9 Å². The molecule has 0 radical (unpaired) electrons. The Morgan fingerprint density at radius 3 is 2.39 bits per heavy atom. The van der Waals surface area contributed by atoms with Gasteiger partial charge in [0.2, 0.25) is 5.95 Å². The molecule has 2 aromatic rings. The van der Waals surface area contributed by atoms with E-state index in [0.717, 1.165) is 6.54 Å². The number of piperazine rings is 1. The van der Waals surface area contributed by atoms with E-state index < -0.39 is 0 Å². The number of nitrogens with one attached hydrogen (secondary N) is 1. The first-order chi connectivity index (χ1) is 13.5. The summed E-state index contributed by atoms with van der Waals surface area (Å²) in [6.07, 6.45) is 3.41. The summed E-state index contributed by atoms with van der Waals surface area (Å²) >= 11 is 0. The van der Waals surface area contributed by atoms with Crippen LogP contribution in [-0.2, 0) is 0 Å². The Bertz CT molecular complexity index is 805. The fraction of sp³-hybridized carbons (Fsp3) is 0.421.